The van der Waals surface area contributed by atoms with Crippen LogP contribution in [-0.4, -0.2) is 39.3 Å². The summed E-state index contributed by atoms with van der Waals surface area (Å²) < 4.78 is 0. The van der Waals surface area contributed by atoms with Crippen molar-refractivity contribution in [1.82, 2.24) is 15.2 Å². The van der Waals surface area contributed by atoms with Crippen LogP contribution in [0, 0.1) is 0 Å². The van der Waals surface area contributed by atoms with Crippen molar-refractivity contribution in [2.24, 2.45) is 0 Å². The molecule has 0 spiro atoms. The van der Waals surface area contributed by atoms with Gasteiger partial charge in [-0.3, -0.25) is 9.88 Å². The van der Waals surface area contributed by atoms with Gasteiger partial charge in [-0.25, -0.2) is 0 Å². The number of phenols is 1. The van der Waals surface area contributed by atoms with Crippen molar-refractivity contribution in [1.29, 1.82) is 0 Å². The van der Waals surface area contributed by atoms with Crippen LogP contribution in [0.2, 0.25) is 0 Å². The Bertz CT molecular complexity index is 828. The van der Waals surface area contributed by atoms with Gasteiger partial charge in [0.2, 0.25) is 0 Å². The largest absolute Gasteiger partial charge is 0.508 e. The number of nitrogens with one attached hydrogen (secondary N) is 1. The Balaban J connectivity index is 1.58. The summed E-state index contributed by atoms with van der Waals surface area (Å²) in [6, 6.07) is 23.3. The molecule has 0 aliphatic rings. The summed E-state index contributed by atoms with van der Waals surface area (Å²) >= 11 is 0. The number of benzene rings is 2. The first-order valence-electron chi connectivity index (χ1n) is 9.52. The first kappa shape index (κ1) is 20.0. The number of phenolic OH excluding ortho intramolecular Hbond substituents is 1. The van der Waals surface area contributed by atoms with Gasteiger partial charge in [0, 0.05) is 44.5 Å². The number of hydrogen-bond acceptors (Lipinski definition) is 5. The summed E-state index contributed by atoms with van der Waals surface area (Å²) in [4.78, 5) is 6.43. The maximum Gasteiger partial charge on any atom is 0.120 e. The number of nitrogens with zero attached hydrogens (tertiary/aromatic N) is 2. The average molecular weight is 377 g/mol. The standard InChI is InChI=1S/C23H27N3O2/c27-22(15-24-14-21-11-6-7-13-25-21)18-26(16-19-8-2-1-3-9-19)17-20-10-4-5-12-23(20)28/h1-13,22,24,27-28H,14-18H2. The molecule has 0 radical (unpaired) electrons. The summed E-state index contributed by atoms with van der Waals surface area (Å²) in [6.45, 7) is 2.86. The third-order valence-corrected chi connectivity index (χ3v) is 4.52. The van der Waals surface area contributed by atoms with Gasteiger partial charge in [0.25, 0.3) is 0 Å². The van der Waals surface area contributed by atoms with E-state index in [-0.39, 0.29) is 5.75 Å². The van der Waals surface area contributed by atoms with E-state index in [1.807, 2.05) is 54.6 Å². The number of aromatic hydroxyl groups is 1. The Hall–Kier alpha value is -2.73. The lowest BCUT2D eigenvalue weighted by molar-refractivity contribution is 0.103. The fourth-order valence-electron chi connectivity index (χ4n) is 3.14. The van der Waals surface area contributed by atoms with Gasteiger partial charge in [0.05, 0.1) is 11.8 Å². The Morgan fingerprint density at radius 1 is 0.893 bits per heavy atom. The van der Waals surface area contributed by atoms with Crippen LogP contribution in [0.4, 0.5) is 0 Å². The van der Waals surface area contributed by atoms with Crippen molar-refractivity contribution in [3.05, 3.63) is 95.8 Å². The molecule has 1 atom stereocenters. The van der Waals surface area contributed by atoms with E-state index in [1.54, 1.807) is 12.3 Å². The van der Waals surface area contributed by atoms with Gasteiger partial charge >= 0.3 is 0 Å². The van der Waals surface area contributed by atoms with Crippen LogP contribution in [0.1, 0.15) is 16.8 Å². The van der Waals surface area contributed by atoms with Crippen molar-refractivity contribution >= 4 is 0 Å². The lowest BCUT2D eigenvalue weighted by Crippen LogP contribution is -2.37. The van der Waals surface area contributed by atoms with Crippen LogP contribution in [-0.2, 0) is 19.6 Å². The lowest BCUT2D eigenvalue weighted by atomic mass is 10.1. The second-order valence-electron chi connectivity index (χ2n) is 6.89. The van der Waals surface area contributed by atoms with Crippen molar-refractivity contribution in [3.8, 4) is 5.75 Å². The molecule has 0 saturated carbocycles. The van der Waals surface area contributed by atoms with Crippen LogP contribution in [0.3, 0.4) is 0 Å². The summed E-state index contributed by atoms with van der Waals surface area (Å²) in [6.07, 6.45) is 1.24. The highest BCUT2D eigenvalue weighted by molar-refractivity contribution is 5.31. The zero-order chi connectivity index (χ0) is 19.6. The predicted molar refractivity (Wildman–Crippen MR) is 111 cm³/mol. The summed E-state index contributed by atoms with van der Waals surface area (Å²) in [5.41, 5.74) is 2.98. The number of hydrogen-bond donors (Lipinski definition) is 3. The van der Waals surface area contributed by atoms with Gasteiger partial charge in [-0.15, -0.1) is 0 Å². The van der Waals surface area contributed by atoms with E-state index in [0.717, 1.165) is 11.3 Å². The Morgan fingerprint density at radius 2 is 1.64 bits per heavy atom. The number of para-hydroxylation sites is 1. The first-order valence-corrected chi connectivity index (χ1v) is 9.52. The van der Waals surface area contributed by atoms with Crippen molar-refractivity contribution < 1.29 is 10.2 Å². The van der Waals surface area contributed by atoms with Crippen LogP contribution in [0.5, 0.6) is 5.75 Å². The fraction of sp³-hybridized carbons (Fsp3) is 0.261. The Morgan fingerprint density at radius 3 is 2.39 bits per heavy atom. The highest BCUT2D eigenvalue weighted by atomic mass is 16.3. The molecule has 28 heavy (non-hydrogen) atoms. The summed E-state index contributed by atoms with van der Waals surface area (Å²) in [5, 5.41) is 23.9. The predicted octanol–water partition coefficient (Wildman–Crippen LogP) is 2.94. The molecule has 5 nitrogen and oxygen atoms in total. The Kier molecular flexibility index (Phi) is 7.55. The monoisotopic (exact) mass is 377 g/mol. The third-order valence-electron chi connectivity index (χ3n) is 4.52. The molecule has 0 fully saturated rings. The Labute approximate surface area is 166 Å². The summed E-state index contributed by atoms with van der Waals surface area (Å²) in [5.74, 6) is 0.281. The maximum absolute atomic E-state index is 10.5. The number of rotatable bonds is 10. The van der Waals surface area contributed by atoms with E-state index in [9.17, 15) is 10.2 Å². The molecule has 2 aromatic carbocycles. The number of aliphatic hydroxyl groups excluding tert-OH is 1. The molecule has 0 bridgehead atoms. The minimum Gasteiger partial charge on any atom is -0.508 e. The number of aromatic nitrogens is 1. The second kappa shape index (κ2) is 10.6. The van der Waals surface area contributed by atoms with Gasteiger partial charge in [0.1, 0.15) is 5.75 Å². The van der Waals surface area contributed by atoms with Crippen molar-refractivity contribution in [2.45, 2.75) is 25.7 Å². The van der Waals surface area contributed by atoms with Gasteiger partial charge < -0.3 is 15.5 Å². The minimum atomic E-state index is -0.529. The fourth-order valence-corrected chi connectivity index (χ4v) is 3.14. The van der Waals surface area contributed by atoms with Crippen LogP contribution in [0.25, 0.3) is 0 Å². The smallest absolute Gasteiger partial charge is 0.120 e. The first-order chi connectivity index (χ1) is 13.7. The average Bonchev–Trinajstić information content (AvgIpc) is 2.71. The normalized spacial score (nSPS) is 12.2. The lowest BCUT2D eigenvalue weighted by Gasteiger charge is -2.26. The molecule has 0 saturated heterocycles. The minimum absolute atomic E-state index is 0.281. The molecule has 0 aliphatic heterocycles. The van der Waals surface area contributed by atoms with Gasteiger partial charge in [-0.05, 0) is 23.8 Å². The van der Waals surface area contributed by atoms with E-state index in [2.05, 4.69) is 27.3 Å². The highest BCUT2D eigenvalue weighted by Crippen LogP contribution is 2.19. The molecule has 146 valence electrons. The zero-order valence-corrected chi connectivity index (χ0v) is 15.9. The molecule has 1 aromatic heterocycles. The van der Waals surface area contributed by atoms with Crippen LogP contribution in [0.15, 0.2) is 79.0 Å². The molecule has 1 unspecified atom stereocenters. The SMILES string of the molecule is Oc1ccccc1CN(Cc1ccccc1)CC(O)CNCc1ccccn1. The number of pyridine rings is 1. The van der Waals surface area contributed by atoms with Gasteiger partial charge in [-0.2, -0.15) is 0 Å². The molecule has 3 N–H and O–H groups in total. The van der Waals surface area contributed by atoms with Crippen LogP contribution < -0.4 is 5.32 Å². The summed E-state index contributed by atoms with van der Waals surface area (Å²) in [7, 11) is 0. The van der Waals surface area contributed by atoms with E-state index < -0.39 is 6.10 Å². The van der Waals surface area contributed by atoms with E-state index >= 15 is 0 Å². The maximum atomic E-state index is 10.5. The second-order valence-corrected chi connectivity index (χ2v) is 6.89. The van der Waals surface area contributed by atoms with Gasteiger partial charge in [0.15, 0.2) is 0 Å². The van der Waals surface area contributed by atoms with Crippen molar-refractivity contribution in [3.63, 3.8) is 0 Å². The zero-order valence-electron chi connectivity index (χ0n) is 15.9. The molecule has 0 amide bonds. The molecular formula is C23H27N3O2. The van der Waals surface area contributed by atoms with E-state index in [0.29, 0.717) is 32.7 Å². The molecule has 5 heteroatoms. The van der Waals surface area contributed by atoms with Crippen molar-refractivity contribution in [2.75, 3.05) is 13.1 Å². The van der Waals surface area contributed by atoms with E-state index in [1.165, 1.54) is 5.56 Å². The molecular weight excluding hydrogens is 350 g/mol. The third kappa shape index (κ3) is 6.46. The molecule has 3 rings (SSSR count). The number of aliphatic hydroxyl groups is 1. The van der Waals surface area contributed by atoms with Crippen LogP contribution >= 0.6 is 0 Å². The highest BCUT2D eigenvalue weighted by Gasteiger charge is 2.14. The topological polar surface area (TPSA) is 68.6 Å². The molecule has 1 heterocycles. The molecule has 3 aromatic rings. The van der Waals surface area contributed by atoms with E-state index in [4.69, 9.17) is 0 Å². The molecule has 0 aliphatic carbocycles. The van der Waals surface area contributed by atoms with Gasteiger partial charge in [-0.1, -0.05) is 54.6 Å². The quantitative estimate of drug-likeness (QED) is 0.507.